The van der Waals surface area contributed by atoms with E-state index in [1.807, 2.05) is 84.9 Å². The quantitative estimate of drug-likeness (QED) is 0.204. The molecule has 0 aromatic heterocycles. The zero-order chi connectivity index (χ0) is 29.8. The van der Waals surface area contributed by atoms with Crippen molar-refractivity contribution in [2.45, 2.75) is 6.42 Å². The molecule has 0 spiro atoms. The molecule has 0 aliphatic rings. The molecule has 0 saturated heterocycles. The number of nitrogens with zero attached hydrogens (tertiary/aromatic N) is 4. The molecule has 6 rings (SSSR count). The molecule has 0 fully saturated rings. The van der Waals surface area contributed by atoms with Crippen molar-refractivity contribution in [2.75, 3.05) is 0 Å². The Morgan fingerprint density at radius 2 is 0.860 bits per heavy atom. The minimum atomic E-state index is 0.242. The minimum absolute atomic E-state index is 0.242. The molecule has 0 heterocycles. The monoisotopic (exact) mass is 552 g/mol. The van der Waals surface area contributed by atoms with Crippen molar-refractivity contribution in [3.05, 3.63) is 143 Å². The van der Waals surface area contributed by atoms with Crippen LogP contribution in [0.15, 0.2) is 109 Å². The number of ether oxygens (including phenoxy) is 2. The van der Waals surface area contributed by atoms with Crippen LogP contribution in [0.1, 0.15) is 33.4 Å². The molecule has 6 heteroatoms. The standard InChI is InChI=1S/C37H20N4O2/c38-20-26-9-13-30(17-28(26)22-40)42-36-15-11-24-5-1-3-7-32(24)34(36)19-35-33-8-4-2-6-25(33)12-16-37(35)43-31-14-10-27(21-39)29(18-31)23-41/h1-18H,19H2. The zero-order valence-electron chi connectivity index (χ0n) is 22.7. The van der Waals surface area contributed by atoms with E-state index in [9.17, 15) is 21.0 Å². The van der Waals surface area contributed by atoms with Gasteiger partial charge in [0.05, 0.1) is 22.3 Å². The van der Waals surface area contributed by atoms with Crippen molar-refractivity contribution in [1.82, 2.24) is 0 Å². The molecule has 0 saturated carbocycles. The van der Waals surface area contributed by atoms with Crippen LogP contribution in [-0.2, 0) is 6.42 Å². The summed E-state index contributed by atoms with van der Waals surface area (Å²) in [4.78, 5) is 0. The van der Waals surface area contributed by atoms with Gasteiger partial charge in [-0.1, -0.05) is 60.7 Å². The first-order chi connectivity index (χ1) is 21.1. The Kier molecular flexibility index (Phi) is 7.11. The summed E-state index contributed by atoms with van der Waals surface area (Å²) in [5.41, 5.74) is 2.89. The Balaban J connectivity index is 1.50. The van der Waals surface area contributed by atoms with Gasteiger partial charge in [0, 0.05) is 17.5 Å². The Bertz CT molecular complexity index is 2070. The lowest BCUT2D eigenvalue weighted by Gasteiger charge is -2.18. The maximum atomic E-state index is 9.54. The molecule has 0 amide bonds. The van der Waals surface area contributed by atoms with Crippen molar-refractivity contribution in [3.8, 4) is 47.3 Å². The number of benzene rings is 6. The van der Waals surface area contributed by atoms with E-state index in [1.54, 1.807) is 36.4 Å². The van der Waals surface area contributed by atoms with E-state index in [2.05, 4.69) is 12.1 Å². The molecular weight excluding hydrogens is 532 g/mol. The van der Waals surface area contributed by atoms with E-state index < -0.39 is 0 Å². The molecule has 0 aliphatic carbocycles. The maximum absolute atomic E-state index is 9.54. The Labute approximate surface area is 248 Å². The molecule has 0 aliphatic heterocycles. The van der Waals surface area contributed by atoms with Gasteiger partial charge < -0.3 is 9.47 Å². The van der Waals surface area contributed by atoms with Gasteiger partial charge in [0.2, 0.25) is 0 Å². The summed E-state index contributed by atoms with van der Waals surface area (Å²) < 4.78 is 12.8. The molecule has 0 N–H and O–H groups in total. The van der Waals surface area contributed by atoms with Crippen molar-refractivity contribution >= 4 is 21.5 Å². The largest absolute Gasteiger partial charge is 0.457 e. The average Bonchev–Trinajstić information content (AvgIpc) is 3.06. The fraction of sp³-hybridized carbons (Fsp3) is 0.0270. The van der Waals surface area contributed by atoms with Crippen LogP contribution >= 0.6 is 0 Å². The lowest BCUT2D eigenvalue weighted by atomic mass is 9.93. The Hall–Kier alpha value is -6.60. The van der Waals surface area contributed by atoms with Gasteiger partial charge in [-0.25, -0.2) is 0 Å². The average molecular weight is 553 g/mol. The second-order valence-electron chi connectivity index (χ2n) is 9.77. The highest BCUT2D eigenvalue weighted by Crippen LogP contribution is 2.39. The smallest absolute Gasteiger partial charge is 0.131 e. The molecule has 43 heavy (non-hydrogen) atoms. The van der Waals surface area contributed by atoms with Crippen LogP contribution in [0.4, 0.5) is 0 Å². The van der Waals surface area contributed by atoms with Gasteiger partial charge in [0.25, 0.3) is 0 Å². The van der Waals surface area contributed by atoms with Crippen molar-refractivity contribution < 1.29 is 9.47 Å². The minimum Gasteiger partial charge on any atom is -0.457 e. The number of hydrogen-bond donors (Lipinski definition) is 0. The molecule has 0 atom stereocenters. The molecule has 6 aromatic rings. The number of rotatable bonds is 6. The van der Waals surface area contributed by atoms with Crippen molar-refractivity contribution in [2.24, 2.45) is 0 Å². The first-order valence-electron chi connectivity index (χ1n) is 13.4. The van der Waals surface area contributed by atoms with E-state index in [0.29, 0.717) is 29.4 Å². The van der Waals surface area contributed by atoms with Crippen LogP contribution in [0.2, 0.25) is 0 Å². The summed E-state index contributed by atoms with van der Waals surface area (Å²) in [5, 5.41) is 41.8. The number of fused-ring (bicyclic) bond motifs is 2. The van der Waals surface area contributed by atoms with Crippen molar-refractivity contribution in [1.29, 1.82) is 21.0 Å². The second-order valence-corrected chi connectivity index (χ2v) is 9.77. The van der Waals surface area contributed by atoms with Crippen LogP contribution < -0.4 is 9.47 Å². The zero-order valence-corrected chi connectivity index (χ0v) is 22.7. The Morgan fingerprint density at radius 3 is 1.28 bits per heavy atom. The highest BCUT2D eigenvalue weighted by Gasteiger charge is 2.18. The first kappa shape index (κ1) is 26.6. The van der Waals surface area contributed by atoms with Crippen LogP contribution in [0, 0.1) is 45.3 Å². The summed E-state index contributed by atoms with van der Waals surface area (Å²) in [6.45, 7) is 0. The third-order valence-corrected chi connectivity index (χ3v) is 7.27. The highest BCUT2D eigenvalue weighted by atomic mass is 16.5. The van der Waals surface area contributed by atoms with Gasteiger partial charge in [0.1, 0.15) is 47.3 Å². The molecule has 6 aromatic carbocycles. The Morgan fingerprint density at radius 1 is 0.442 bits per heavy atom. The molecular formula is C37H20N4O2. The molecule has 200 valence electrons. The van der Waals surface area contributed by atoms with E-state index >= 15 is 0 Å². The molecule has 0 radical (unpaired) electrons. The summed E-state index contributed by atoms with van der Waals surface area (Å²) >= 11 is 0. The predicted molar refractivity (Wildman–Crippen MR) is 163 cm³/mol. The fourth-order valence-corrected chi connectivity index (χ4v) is 5.17. The van der Waals surface area contributed by atoms with Crippen LogP contribution in [0.3, 0.4) is 0 Å². The normalized spacial score (nSPS) is 10.3. The third-order valence-electron chi connectivity index (χ3n) is 7.27. The summed E-state index contributed by atoms with van der Waals surface area (Å²) in [7, 11) is 0. The molecule has 6 nitrogen and oxygen atoms in total. The van der Waals surface area contributed by atoms with E-state index in [0.717, 1.165) is 32.7 Å². The van der Waals surface area contributed by atoms with E-state index in [-0.39, 0.29) is 22.3 Å². The summed E-state index contributed by atoms with van der Waals surface area (Å²) in [6, 6.07) is 41.8. The van der Waals surface area contributed by atoms with E-state index in [1.165, 1.54) is 0 Å². The summed E-state index contributed by atoms with van der Waals surface area (Å²) in [5.74, 6) is 2.11. The lowest BCUT2D eigenvalue weighted by Crippen LogP contribution is -2.00. The number of nitriles is 4. The maximum Gasteiger partial charge on any atom is 0.131 e. The van der Waals surface area contributed by atoms with Crippen molar-refractivity contribution in [3.63, 3.8) is 0 Å². The molecule has 0 bridgehead atoms. The van der Waals surface area contributed by atoms with Gasteiger partial charge in [-0.2, -0.15) is 21.0 Å². The fourth-order valence-electron chi connectivity index (χ4n) is 5.17. The van der Waals surface area contributed by atoms with Gasteiger partial charge in [-0.05, 0) is 70.1 Å². The van der Waals surface area contributed by atoms with Gasteiger partial charge >= 0.3 is 0 Å². The van der Waals surface area contributed by atoms with Gasteiger partial charge in [-0.15, -0.1) is 0 Å². The van der Waals surface area contributed by atoms with Crippen LogP contribution in [-0.4, -0.2) is 0 Å². The highest BCUT2D eigenvalue weighted by molar-refractivity contribution is 5.91. The lowest BCUT2D eigenvalue weighted by molar-refractivity contribution is 0.472. The predicted octanol–water partition coefficient (Wildman–Crippen LogP) is 8.66. The SMILES string of the molecule is N#Cc1ccc(Oc2ccc3ccccc3c2Cc2c(Oc3ccc(C#N)c(C#N)c3)ccc3ccccc23)cc1C#N. The molecule has 0 unspecified atom stereocenters. The third kappa shape index (κ3) is 5.17. The van der Waals surface area contributed by atoms with E-state index in [4.69, 9.17) is 9.47 Å². The van der Waals surface area contributed by atoms with Gasteiger partial charge in [-0.3, -0.25) is 0 Å². The summed E-state index contributed by atoms with van der Waals surface area (Å²) in [6.07, 6.45) is 0.441. The van der Waals surface area contributed by atoms with Crippen LogP contribution in [0.5, 0.6) is 23.0 Å². The number of hydrogen-bond acceptors (Lipinski definition) is 6. The first-order valence-corrected chi connectivity index (χ1v) is 13.4. The van der Waals surface area contributed by atoms with Crippen LogP contribution in [0.25, 0.3) is 21.5 Å². The van der Waals surface area contributed by atoms with Gasteiger partial charge in [0.15, 0.2) is 0 Å². The topological polar surface area (TPSA) is 114 Å². The second kappa shape index (κ2) is 11.5.